The van der Waals surface area contributed by atoms with Gasteiger partial charge in [0, 0.05) is 18.2 Å². The molecule has 2 N–H and O–H groups in total. The van der Waals surface area contributed by atoms with E-state index in [-0.39, 0.29) is 0 Å². The molecule has 1 unspecified atom stereocenters. The highest BCUT2D eigenvalue weighted by atomic mass is 16.6. The highest BCUT2D eigenvalue weighted by molar-refractivity contribution is 5.77. The van der Waals surface area contributed by atoms with Gasteiger partial charge < -0.3 is 14.7 Å². The average molecular weight is 422 g/mol. The largest absolute Gasteiger partial charge is 0.415 e. The average Bonchev–Trinajstić information content (AvgIpc) is 3.53. The van der Waals surface area contributed by atoms with E-state index in [1.165, 1.54) is 5.56 Å². The van der Waals surface area contributed by atoms with Crippen LogP contribution in [-0.2, 0) is 16.9 Å². The van der Waals surface area contributed by atoms with E-state index < -0.39 is 5.54 Å². The van der Waals surface area contributed by atoms with Crippen molar-refractivity contribution < 1.29 is 4.84 Å². The zero-order chi connectivity index (χ0) is 21.7. The van der Waals surface area contributed by atoms with Crippen molar-refractivity contribution in [2.45, 2.75) is 19.0 Å². The van der Waals surface area contributed by atoms with Crippen LogP contribution in [0.3, 0.4) is 0 Å². The van der Waals surface area contributed by atoms with Crippen LogP contribution in [0.1, 0.15) is 23.9 Å². The summed E-state index contributed by atoms with van der Waals surface area (Å²) in [6.07, 6.45) is 1.74. The highest BCUT2D eigenvalue weighted by Crippen LogP contribution is 2.42. The summed E-state index contributed by atoms with van der Waals surface area (Å²) in [6.45, 7) is 2.82. The molecule has 0 saturated carbocycles. The van der Waals surface area contributed by atoms with Gasteiger partial charge in [-0.15, -0.1) is 15.7 Å². The molecule has 0 spiro atoms. The number of hydrogen-bond donors (Lipinski definition) is 2. The van der Waals surface area contributed by atoms with Crippen LogP contribution in [0.15, 0.2) is 73.0 Å². The fourth-order valence-electron chi connectivity index (χ4n) is 4.48. The summed E-state index contributed by atoms with van der Waals surface area (Å²) < 4.78 is 2.16. The molecule has 0 aliphatic carbocycles. The summed E-state index contributed by atoms with van der Waals surface area (Å²) in [5.74, 6) is 2.52. The molecule has 6 rings (SSSR count). The lowest BCUT2D eigenvalue weighted by molar-refractivity contribution is 0.106. The number of anilines is 1. The Morgan fingerprint density at radius 3 is 2.69 bits per heavy atom. The molecule has 2 aromatic heterocycles. The van der Waals surface area contributed by atoms with E-state index in [1.54, 1.807) is 6.26 Å². The summed E-state index contributed by atoms with van der Waals surface area (Å²) in [4.78, 5) is 10.3. The van der Waals surface area contributed by atoms with Crippen molar-refractivity contribution in [2.24, 2.45) is 0 Å². The van der Waals surface area contributed by atoms with Crippen LogP contribution in [0, 0.1) is 0 Å². The SMILES string of the molecule is CNc1cccc(-c2ccc3c(c2)-c2nnc(C4=CONC4(C)c4ccccc4)n2C3)n1. The van der Waals surface area contributed by atoms with E-state index in [1.807, 2.05) is 43.4 Å². The molecule has 7 heteroatoms. The molecule has 32 heavy (non-hydrogen) atoms. The fraction of sp³-hybridized carbons (Fsp3) is 0.160. The fourth-order valence-corrected chi connectivity index (χ4v) is 4.48. The van der Waals surface area contributed by atoms with Gasteiger partial charge in [-0.05, 0) is 36.2 Å². The minimum atomic E-state index is -0.511. The van der Waals surface area contributed by atoms with Crippen LogP contribution >= 0.6 is 0 Å². The summed E-state index contributed by atoms with van der Waals surface area (Å²) in [5.41, 5.74) is 8.99. The van der Waals surface area contributed by atoms with Crippen molar-refractivity contribution in [3.63, 3.8) is 0 Å². The van der Waals surface area contributed by atoms with E-state index in [2.05, 4.69) is 67.8 Å². The Hall–Kier alpha value is -3.97. The minimum absolute atomic E-state index is 0.511. The van der Waals surface area contributed by atoms with Crippen LogP contribution in [-0.4, -0.2) is 26.8 Å². The highest BCUT2D eigenvalue weighted by Gasteiger charge is 2.41. The van der Waals surface area contributed by atoms with Gasteiger partial charge in [-0.2, -0.15) is 0 Å². The van der Waals surface area contributed by atoms with Crippen molar-refractivity contribution in [1.29, 1.82) is 0 Å². The number of aromatic nitrogens is 4. The number of pyridine rings is 1. The summed E-state index contributed by atoms with van der Waals surface area (Å²) in [7, 11) is 1.87. The van der Waals surface area contributed by atoms with Crippen LogP contribution in [0.5, 0.6) is 0 Å². The van der Waals surface area contributed by atoms with Crippen molar-refractivity contribution in [3.8, 4) is 22.6 Å². The van der Waals surface area contributed by atoms with Gasteiger partial charge in [0.1, 0.15) is 17.6 Å². The molecule has 0 radical (unpaired) electrons. The van der Waals surface area contributed by atoms with Crippen LogP contribution < -0.4 is 10.8 Å². The lowest BCUT2D eigenvalue weighted by atomic mass is 9.85. The number of benzene rings is 2. The second kappa shape index (κ2) is 7.03. The summed E-state index contributed by atoms with van der Waals surface area (Å²) in [6, 6.07) is 22.7. The Labute approximate surface area is 185 Å². The van der Waals surface area contributed by atoms with Gasteiger partial charge in [0.25, 0.3) is 0 Å². The van der Waals surface area contributed by atoms with Crippen molar-refractivity contribution in [3.05, 3.63) is 89.9 Å². The van der Waals surface area contributed by atoms with Crippen LogP contribution in [0.25, 0.3) is 28.2 Å². The molecular formula is C25H22N6O. The number of rotatable bonds is 4. The molecule has 0 amide bonds. The Morgan fingerprint density at radius 1 is 1.00 bits per heavy atom. The van der Waals surface area contributed by atoms with E-state index in [9.17, 15) is 0 Å². The first-order valence-corrected chi connectivity index (χ1v) is 10.6. The number of hydroxylamine groups is 1. The molecule has 2 aliphatic heterocycles. The molecule has 4 heterocycles. The lowest BCUT2D eigenvalue weighted by Crippen LogP contribution is -2.35. The van der Waals surface area contributed by atoms with E-state index >= 15 is 0 Å². The van der Waals surface area contributed by atoms with Crippen LogP contribution in [0.2, 0.25) is 0 Å². The molecule has 1 atom stereocenters. The maximum atomic E-state index is 5.58. The zero-order valence-electron chi connectivity index (χ0n) is 17.8. The third-order valence-electron chi connectivity index (χ3n) is 6.30. The monoisotopic (exact) mass is 422 g/mol. The maximum Gasteiger partial charge on any atom is 0.166 e. The van der Waals surface area contributed by atoms with Crippen LogP contribution in [0.4, 0.5) is 5.82 Å². The van der Waals surface area contributed by atoms with Gasteiger partial charge in [0.15, 0.2) is 11.6 Å². The Bertz CT molecular complexity index is 1360. The second-order valence-electron chi connectivity index (χ2n) is 8.21. The minimum Gasteiger partial charge on any atom is -0.415 e. The third-order valence-corrected chi connectivity index (χ3v) is 6.30. The quantitative estimate of drug-likeness (QED) is 0.452. The van der Waals surface area contributed by atoms with Gasteiger partial charge in [0.2, 0.25) is 0 Å². The molecule has 0 fully saturated rings. The van der Waals surface area contributed by atoms with Gasteiger partial charge >= 0.3 is 0 Å². The number of nitrogens with one attached hydrogen (secondary N) is 2. The predicted molar refractivity (Wildman–Crippen MR) is 123 cm³/mol. The molecule has 2 aromatic carbocycles. The van der Waals surface area contributed by atoms with E-state index in [0.29, 0.717) is 0 Å². The Morgan fingerprint density at radius 2 is 1.84 bits per heavy atom. The Kier molecular flexibility index (Phi) is 4.13. The summed E-state index contributed by atoms with van der Waals surface area (Å²) >= 11 is 0. The first-order valence-electron chi connectivity index (χ1n) is 10.6. The molecule has 2 aliphatic rings. The molecule has 7 nitrogen and oxygen atoms in total. The lowest BCUT2D eigenvalue weighted by Gasteiger charge is -2.26. The second-order valence-corrected chi connectivity index (χ2v) is 8.21. The van der Waals surface area contributed by atoms with Crippen molar-refractivity contribution >= 4 is 11.4 Å². The number of hydrogen-bond acceptors (Lipinski definition) is 6. The number of nitrogens with zero attached hydrogens (tertiary/aromatic N) is 4. The molecule has 4 aromatic rings. The first-order chi connectivity index (χ1) is 15.7. The third kappa shape index (κ3) is 2.75. The van der Waals surface area contributed by atoms with Crippen molar-refractivity contribution in [2.75, 3.05) is 12.4 Å². The van der Waals surface area contributed by atoms with E-state index in [0.717, 1.165) is 52.0 Å². The Balaban J connectivity index is 1.40. The zero-order valence-corrected chi connectivity index (χ0v) is 17.8. The van der Waals surface area contributed by atoms with Gasteiger partial charge in [-0.1, -0.05) is 48.5 Å². The molecule has 158 valence electrons. The number of fused-ring (bicyclic) bond motifs is 3. The standard InChI is InChI=1S/C25H22N6O/c1-25(18-7-4-3-5-8-18)20(15-32-30-25)24-29-28-23-19-13-16(11-12-17(19)14-31(23)24)21-9-6-10-22(26-2)27-21/h3-13,15,30H,14H2,1-2H3,(H,26,27). The predicted octanol–water partition coefficient (Wildman–Crippen LogP) is 4.20. The summed E-state index contributed by atoms with van der Waals surface area (Å²) in [5, 5.41) is 12.2. The van der Waals surface area contributed by atoms with E-state index in [4.69, 9.17) is 4.84 Å². The molecule has 0 saturated heterocycles. The normalized spacial score (nSPS) is 18.6. The van der Waals surface area contributed by atoms with Gasteiger partial charge in [-0.25, -0.2) is 4.98 Å². The first kappa shape index (κ1) is 18.8. The van der Waals surface area contributed by atoms with Gasteiger partial charge in [0.05, 0.1) is 17.8 Å². The van der Waals surface area contributed by atoms with Gasteiger partial charge in [-0.3, -0.25) is 0 Å². The topological polar surface area (TPSA) is 76.9 Å². The molecular weight excluding hydrogens is 400 g/mol. The van der Waals surface area contributed by atoms with Crippen molar-refractivity contribution in [1.82, 2.24) is 25.2 Å². The molecule has 0 bridgehead atoms. The smallest absolute Gasteiger partial charge is 0.166 e. The maximum absolute atomic E-state index is 5.58.